The van der Waals surface area contributed by atoms with Crippen LogP contribution in [0.1, 0.15) is 63.5 Å². The van der Waals surface area contributed by atoms with Gasteiger partial charge in [-0.2, -0.15) is 8.42 Å². The van der Waals surface area contributed by atoms with Gasteiger partial charge in [-0.1, -0.05) is 63.8 Å². The van der Waals surface area contributed by atoms with E-state index in [1.165, 1.54) is 24.5 Å². The van der Waals surface area contributed by atoms with Crippen molar-refractivity contribution in [2.75, 3.05) is 0 Å². The fraction of sp³-hybridized carbons (Fsp3) is 0.500. The van der Waals surface area contributed by atoms with Crippen LogP contribution in [0.5, 0.6) is 0 Å². The van der Waals surface area contributed by atoms with Crippen molar-refractivity contribution >= 4 is 20.9 Å². The van der Waals surface area contributed by atoms with Crippen molar-refractivity contribution in [1.29, 1.82) is 0 Å². The molecule has 0 saturated heterocycles. The first-order chi connectivity index (χ1) is 11.5. The molecule has 0 saturated carbocycles. The van der Waals surface area contributed by atoms with Gasteiger partial charge in [0.05, 0.1) is 4.90 Å². The second-order valence-corrected chi connectivity index (χ2v) is 7.88. The molecule has 132 valence electrons. The molecule has 24 heavy (non-hydrogen) atoms. The molecular weight excluding hydrogens is 320 g/mol. The highest BCUT2D eigenvalue weighted by atomic mass is 32.2. The Hall–Kier alpha value is -1.39. The Balaban J connectivity index is 2.48. The van der Waals surface area contributed by atoms with E-state index in [1.807, 2.05) is 0 Å². The lowest BCUT2D eigenvalue weighted by Gasteiger charge is -2.13. The molecule has 0 aliphatic heterocycles. The van der Waals surface area contributed by atoms with Crippen LogP contribution in [0.4, 0.5) is 0 Å². The molecule has 0 aliphatic carbocycles. The summed E-state index contributed by atoms with van der Waals surface area (Å²) in [7, 11) is -4.20. The van der Waals surface area contributed by atoms with Gasteiger partial charge in [-0.25, -0.2) is 0 Å². The van der Waals surface area contributed by atoms with Crippen LogP contribution in [0.25, 0.3) is 10.8 Å². The van der Waals surface area contributed by atoms with E-state index in [0.717, 1.165) is 48.4 Å². The Labute approximate surface area is 145 Å². The minimum Gasteiger partial charge on any atom is -0.282 e. The van der Waals surface area contributed by atoms with Gasteiger partial charge in [-0.15, -0.1) is 0 Å². The number of unbranched alkanes of at least 4 members (excludes halogenated alkanes) is 4. The number of aryl methyl sites for hydroxylation is 2. The summed E-state index contributed by atoms with van der Waals surface area (Å²) in [5, 5.41) is 2.00. The third kappa shape index (κ3) is 4.81. The van der Waals surface area contributed by atoms with Gasteiger partial charge in [-0.05, 0) is 53.6 Å². The number of fused-ring (bicyclic) bond motifs is 1. The van der Waals surface area contributed by atoms with Gasteiger partial charge in [0.15, 0.2) is 0 Å². The van der Waals surface area contributed by atoms with Crippen LogP contribution < -0.4 is 0 Å². The molecule has 4 heteroatoms. The summed E-state index contributed by atoms with van der Waals surface area (Å²) in [4.78, 5) is 0.0665. The molecule has 3 nitrogen and oxygen atoms in total. The Kier molecular flexibility index (Phi) is 6.81. The van der Waals surface area contributed by atoms with E-state index >= 15 is 0 Å². The highest BCUT2D eigenvalue weighted by Gasteiger charge is 2.17. The first kappa shape index (κ1) is 18.9. The first-order valence-electron chi connectivity index (χ1n) is 8.99. The zero-order valence-electron chi connectivity index (χ0n) is 14.7. The Bertz CT molecular complexity index is 779. The van der Waals surface area contributed by atoms with Crippen molar-refractivity contribution in [3.05, 3.63) is 41.5 Å². The smallest absolute Gasteiger partial charge is 0.282 e. The van der Waals surface area contributed by atoms with Gasteiger partial charge in [0, 0.05) is 0 Å². The van der Waals surface area contributed by atoms with Crippen LogP contribution in [-0.2, 0) is 23.0 Å². The molecule has 0 unspecified atom stereocenters. The van der Waals surface area contributed by atoms with Gasteiger partial charge >= 0.3 is 0 Å². The maximum absolute atomic E-state index is 11.8. The second-order valence-electron chi connectivity index (χ2n) is 6.49. The molecule has 0 amide bonds. The van der Waals surface area contributed by atoms with Gasteiger partial charge in [0.2, 0.25) is 0 Å². The summed E-state index contributed by atoms with van der Waals surface area (Å²) >= 11 is 0. The molecule has 0 bridgehead atoms. The van der Waals surface area contributed by atoms with E-state index < -0.39 is 10.1 Å². The SMILES string of the molecule is CCCCCc1ccc2ccc(S(=O)(=O)O)c(CCCCC)c2c1. The predicted octanol–water partition coefficient (Wildman–Crippen LogP) is 5.55. The highest BCUT2D eigenvalue weighted by Crippen LogP contribution is 2.29. The van der Waals surface area contributed by atoms with Crippen molar-refractivity contribution < 1.29 is 13.0 Å². The minimum absolute atomic E-state index is 0.0665. The first-order valence-corrected chi connectivity index (χ1v) is 10.4. The maximum atomic E-state index is 11.8. The van der Waals surface area contributed by atoms with E-state index in [0.29, 0.717) is 6.42 Å². The number of benzene rings is 2. The van der Waals surface area contributed by atoms with Gasteiger partial charge in [-0.3, -0.25) is 4.55 Å². The van der Waals surface area contributed by atoms with Crippen LogP contribution in [0.2, 0.25) is 0 Å². The topological polar surface area (TPSA) is 54.4 Å². The lowest BCUT2D eigenvalue weighted by Crippen LogP contribution is -2.04. The van der Waals surface area contributed by atoms with E-state index in [2.05, 4.69) is 32.0 Å². The number of rotatable bonds is 9. The third-order valence-corrected chi connectivity index (χ3v) is 5.47. The standard InChI is InChI=1S/C20H28O3S/c1-3-5-7-9-16-11-12-17-13-14-20(24(21,22)23)18(19(17)15-16)10-8-6-4-2/h11-15H,3-10H2,1-2H3,(H,21,22,23). The molecule has 1 N–H and O–H groups in total. The van der Waals surface area contributed by atoms with E-state index in [4.69, 9.17) is 0 Å². The Morgan fingerprint density at radius 2 is 1.50 bits per heavy atom. The number of hydrogen-bond donors (Lipinski definition) is 1. The van der Waals surface area contributed by atoms with Crippen LogP contribution in [0.3, 0.4) is 0 Å². The zero-order valence-corrected chi connectivity index (χ0v) is 15.5. The van der Waals surface area contributed by atoms with Crippen molar-refractivity contribution in [3.8, 4) is 0 Å². The predicted molar refractivity (Wildman–Crippen MR) is 100 cm³/mol. The molecule has 2 aromatic rings. The van der Waals surface area contributed by atoms with E-state index in [9.17, 15) is 13.0 Å². The summed E-state index contributed by atoms with van der Waals surface area (Å²) in [6.07, 6.45) is 8.28. The monoisotopic (exact) mass is 348 g/mol. The molecule has 0 fully saturated rings. The molecule has 2 aromatic carbocycles. The van der Waals surface area contributed by atoms with E-state index in [-0.39, 0.29) is 4.90 Å². The van der Waals surface area contributed by atoms with Gasteiger partial charge < -0.3 is 0 Å². The molecule has 0 spiro atoms. The summed E-state index contributed by atoms with van der Waals surface area (Å²) < 4.78 is 33.2. The third-order valence-electron chi connectivity index (χ3n) is 4.53. The lowest BCUT2D eigenvalue weighted by molar-refractivity contribution is 0.482. The quantitative estimate of drug-likeness (QED) is 0.477. The molecule has 0 aromatic heterocycles. The zero-order chi connectivity index (χ0) is 17.6. The summed E-state index contributed by atoms with van der Waals surface area (Å²) in [6.45, 7) is 4.31. The van der Waals surface area contributed by atoms with Crippen molar-refractivity contribution in [2.24, 2.45) is 0 Å². The maximum Gasteiger partial charge on any atom is 0.294 e. The molecule has 2 rings (SSSR count). The van der Waals surface area contributed by atoms with Crippen molar-refractivity contribution in [3.63, 3.8) is 0 Å². The average Bonchev–Trinajstić information content (AvgIpc) is 2.54. The van der Waals surface area contributed by atoms with Crippen LogP contribution in [-0.4, -0.2) is 13.0 Å². The summed E-state index contributed by atoms with van der Waals surface area (Å²) in [6, 6.07) is 9.63. The lowest BCUT2D eigenvalue weighted by atomic mass is 9.96. The largest absolute Gasteiger partial charge is 0.294 e. The Morgan fingerprint density at radius 1 is 0.875 bits per heavy atom. The van der Waals surface area contributed by atoms with E-state index in [1.54, 1.807) is 6.07 Å². The average molecular weight is 349 g/mol. The van der Waals surface area contributed by atoms with Gasteiger partial charge in [0.1, 0.15) is 0 Å². The summed E-state index contributed by atoms with van der Waals surface area (Å²) in [5.41, 5.74) is 2.00. The molecule has 0 radical (unpaired) electrons. The molecule has 0 atom stereocenters. The fourth-order valence-electron chi connectivity index (χ4n) is 3.19. The van der Waals surface area contributed by atoms with Gasteiger partial charge in [0.25, 0.3) is 10.1 Å². The minimum atomic E-state index is -4.20. The van der Waals surface area contributed by atoms with Crippen LogP contribution in [0, 0.1) is 0 Å². The molecule has 0 aliphatic rings. The number of hydrogen-bond acceptors (Lipinski definition) is 2. The van der Waals surface area contributed by atoms with Crippen LogP contribution >= 0.6 is 0 Å². The fourth-order valence-corrected chi connectivity index (χ4v) is 3.96. The van der Waals surface area contributed by atoms with Crippen molar-refractivity contribution in [2.45, 2.75) is 70.1 Å². The molecule has 0 heterocycles. The normalized spacial score (nSPS) is 12.0. The highest BCUT2D eigenvalue weighted by molar-refractivity contribution is 7.85. The van der Waals surface area contributed by atoms with Crippen LogP contribution in [0.15, 0.2) is 35.2 Å². The van der Waals surface area contributed by atoms with Crippen molar-refractivity contribution in [1.82, 2.24) is 0 Å². The Morgan fingerprint density at radius 3 is 2.12 bits per heavy atom. The second kappa shape index (κ2) is 8.63. The summed E-state index contributed by atoms with van der Waals surface area (Å²) in [5.74, 6) is 0. The molecular formula is C20H28O3S.